The molecule has 0 saturated carbocycles. The van der Waals surface area contributed by atoms with Crippen molar-refractivity contribution < 1.29 is 23.0 Å². The van der Waals surface area contributed by atoms with Crippen LogP contribution in [0.15, 0.2) is 48.5 Å². The summed E-state index contributed by atoms with van der Waals surface area (Å²) in [7, 11) is 3.77. The lowest BCUT2D eigenvalue weighted by atomic mass is 9.97. The molecule has 2 saturated heterocycles. The largest absolute Gasteiger partial charge is 0.365 e. The molecule has 0 amide bonds. The van der Waals surface area contributed by atoms with Crippen LogP contribution in [-0.4, -0.2) is 50.1 Å². The molecule has 0 N–H and O–H groups in total. The number of rotatable bonds is 7. The minimum Gasteiger partial charge on any atom is -0.365 e. The molecule has 4 nitrogen and oxygen atoms in total. The molecule has 0 aromatic heterocycles. The molecule has 0 aliphatic carbocycles. The van der Waals surface area contributed by atoms with Crippen molar-refractivity contribution in [1.82, 2.24) is 4.90 Å². The number of ether oxygens (including phenoxy) is 3. The number of fused-ring (bicyclic) bond motifs is 2. The lowest BCUT2D eigenvalue weighted by Crippen LogP contribution is -2.45. The first kappa shape index (κ1) is 20.4. The molecule has 4 atom stereocenters. The van der Waals surface area contributed by atoms with Gasteiger partial charge in [-0.15, -0.1) is 0 Å². The van der Waals surface area contributed by atoms with Gasteiger partial charge >= 0.3 is 0 Å². The average molecular weight is 403 g/mol. The lowest BCUT2D eigenvalue weighted by molar-refractivity contribution is -0.0933. The molecular formula is C23H27F2NO3. The Morgan fingerprint density at radius 3 is 2.07 bits per heavy atom. The molecule has 2 fully saturated rings. The van der Waals surface area contributed by atoms with Crippen LogP contribution in [0.25, 0.3) is 0 Å². The first-order valence-electron chi connectivity index (χ1n) is 10.0. The molecule has 2 unspecified atom stereocenters. The van der Waals surface area contributed by atoms with Gasteiger partial charge in [0.1, 0.15) is 24.5 Å². The molecule has 0 radical (unpaired) electrons. The Kier molecular flexibility index (Phi) is 6.25. The van der Waals surface area contributed by atoms with E-state index in [0.717, 1.165) is 30.4 Å². The van der Waals surface area contributed by atoms with Gasteiger partial charge in [-0.25, -0.2) is 8.78 Å². The molecule has 2 heterocycles. The fourth-order valence-corrected chi connectivity index (χ4v) is 4.64. The number of likely N-dealkylation sites (N-methyl/N-ethyl adjacent to an activating group) is 1. The zero-order chi connectivity index (χ0) is 20.4. The van der Waals surface area contributed by atoms with Crippen molar-refractivity contribution in [3.05, 3.63) is 71.3 Å². The Bertz CT molecular complexity index is 753. The Morgan fingerprint density at radius 1 is 0.931 bits per heavy atom. The van der Waals surface area contributed by atoms with Gasteiger partial charge in [-0.1, -0.05) is 24.3 Å². The number of hydrogen-bond donors (Lipinski definition) is 0. The zero-order valence-electron chi connectivity index (χ0n) is 16.8. The first-order chi connectivity index (χ1) is 14.0. The Hall–Kier alpha value is -1.86. The summed E-state index contributed by atoms with van der Waals surface area (Å²) in [5.74, 6) is -0.579. The normalized spacial score (nSPS) is 26.9. The van der Waals surface area contributed by atoms with Crippen molar-refractivity contribution >= 4 is 0 Å². The highest BCUT2D eigenvalue weighted by molar-refractivity contribution is 5.30. The van der Waals surface area contributed by atoms with Crippen molar-refractivity contribution in [2.24, 2.45) is 0 Å². The van der Waals surface area contributed by atoms with Gasteiger partial charge in [0.15, 0.2) is 0 Å². The molecule has 156 valence electrons. The molecule has 0 spiro atoms. The maximum absolute atomic E-state index is 13.4. The van der Waals surface area contributed by atoms with Crippen molar-refractivity contribution in [3.8, 4) is 0 Å². The van der Waals surface area contributed by atoms with E-state index in [0.29, 0.717) is 12.8 Å². The van der Waals surface area contributed by atoms with Crippen LogP contribution >= 0.6 is 0 Å². The van der Waals surface area contributed by atoms with Crippen molar-refractivity contribution in [2.75, 3.05) is 21.0 Å². The number of piperidine rings is 1. The van der Waals surface area contributed by atoms with Gasteiger partial charge in [-0.2, -0.15) is 0 Å². The maximum Gasteiger partial charge on any atom is 0.146 e. The highest BCUT2D eigenvalue weighted by Crippen LogP contribution is 2.40. The summed E-state index contributed by atoms with van der Waals surface area (Å²) in [6.07, 6.45) is 2.51. The summed E-state index contributed by atoms with van der Waals surface area (Å²) in [5, 5.41) is 0. The minimum atomic E-state index is -0.373. The molecule has 2 aromatic rings. The second kappa shape index (κ2) is 8.88. The van der Waals surface area contributed by atoms with E-state index in [4.69, 9.17) is 14.2 Å². The van der Waals surface area contributed by atoms with Crippen LogP contribution in [0, 0.1) is 11.6 Å². The number of methoxy groups -OCH3 is 1. The Labute approximate surface area is 170 Å². The molecule has 6 heteroatoms. The van der Waals surface area contributed by atoms with Crippen LogP contribution < -0.4 is 0 Å². The molecule has 29 heavy (non-hydrogen) atoms. The standard InChI is InChI=1S/C23H27F2NO3/c1-26-19-11-20(13-21(26)22(12-19)28-14-27-2)29-23(15-3-7-17(24)8-4-15)16-5-9-18(25)10-6-16/h3-10,19-23H,11-14H2,1-2H3/t19?,20-,21?,22-/m0/s1. The second-order valence-electron chi connectivity index (χ2n) is 7.95. The summed E-state index contributed by atoms with van der Waals surface area (Å²) < 4.78 is 44.4. The fraction of sp³-hybridized carbons (Fsp3) is 0.478. The van der Waals surface area contributed by atoms with Gasteiger partial charge < -0.3 is 14.2 Å². The quantitative estimate of drug-likeness (QED) is 0.645. The third kappa shape index (κ3) is 4.51. The second-order valence-corrected chi connectivity index (χ2v) is 7.95. The summed E-state index contributed by atoms with van der Waals surface area (Å²) in [6.45, 7) is 0.293. The predicted molar refractivity (Wildman–Crippen MR) is 105 cm³/mol. The smallest absolute Gasteiger partial charge is 0.146 e. The van der Waals surface area contributed by atoms with Crippen LogP contribution in [-0.2, 0) is 14.2 Å². The molecule has 2 bridgehead atoms. The molecule has 4 rings (SSSR count). The highest BCUT2D eigenvalue weighted by Gasteiger charge is 2.46. The van der Waals surface area contributed by atoms with Gasteiger partial charge in [0.25, 0.3) is 0 Å². The number of benzene rings is 2. The number of nitrogens with zero attached hydrogens (tertiary/aromatic N) is 1. The topological polar surface area (TPSA) is 30.9 Å². The Balaban J connectivity index is 1.54. The molecule has 2 aromatic carbocycles. The van der Waals surface area contributed by atoms with E-state index in [1.807, 2.05) is 0 Å². The zero-order valence-corrected chi connectivity index (χ0v) is 16.8. The number of halogens is 2. The van der Waals surface area contributed by atoms with E-state index < -0.39 is 0 Å². The van der Waals surface area contributed by atoms with E-state index in [-0.39, 0.29) is 36.0 Å². The van der Waals surface area contributed by atoms with Crippen LogP contribution in [0.3, 0.4) is 0 Å². The van der Waals surface area contributed by atoms with Gasteiger partial charge in [0.2, 0.25) is 0 Å². The van der Waals surface area contributed by atoms with Gasteiger partial charge in [-0.05, 0) is 61.7 Å². The van der Waals surface area contributed by atoms with Crippen LogP contribution in [0.2, 0.25) is 0 Å². The van der Waals surface area contributed by atoms with Crippen molar-refractivity contribution in [1.29, 1.82) is 0 Å². The lowest BCUT2D eigenvalue weighted by Gasteiger charge is -2.38. The van der Waals surface area contributed by atoms with E-state index in [2.05, 4.69) is 11.9 Å². The SMILES string of the molecule is COCO[C@H]1CC2C[C@H](OC(c3ccc(F)cc3)c3ccc(F)cc3)CC1N2C. The van der Waals surface area contributed by atoms with Crippen molar-refractivity contribution in [3.63, 3.8) is 0 Å². The molecule has 2 aliphatic rings. The monoisotopic (exact) mass is 403 g/mol. The predicted octanol–water partition coefficient (Wildman–Crippen LogP) is 4.30. The molecule has 2 aliphatic heterocycles. The fourth-order valence-electron chi connectivity index (χ4n) is 4.64. The van der Waals surface area contributed by atoms with Gasteiger partial charge in [0, 0.05) is 19.2 Å². The summed E-state index contributed by atoms with van der Waals surface area (Å²) in [6, 6.07) is 13.3. The van der Waals surface area contributed by atoms with Crippen molar-refractivity contribution in [2.45, 2.75) is 49.7 Å². The summed E-state index contributed by atoms with van der Waals surface area (Å²) >= 11 is 0. The van der Waals surface area contributed by atoms with Gasteiger partial charge in [0.05, 0.1) is 12.2 Å². The third-order valence-electron chi connectivity index (χ3n) is 6.15. The van der Waals surface area contributed by atoms with Crippen LogP contribution in [0.4, 0.5) is 8.78 Å². The summed E-state index contributed by atoms with van der Waals surface area (Å²) in [4.78, 5) is 2.38. The summed E-state index contributed by atoms with van der Waals surface area (Å²) in [5.41, 5.74) is 1.72. The van der Waals surface area contributed by atoms with Gasteiger partial charge in [-0.3, -0.25) is 4.90 Å². The number of hydrogen-bond acceptors (Lipinski definition) is 4. The third-order valence-corrected chi connectivity index (χ3v) is 6.15. The van der Waals surface area contributed by atoms with E-state index in [1.54, 1.807) is 31.4 Å². The Morgan fingerprint density at radius 2 is 1.52 bits per heavy atom. The van der Waals surface area contributed by atoms with E-state index in [9.17, 15) is 8.78 Å². The van der Waals surface area contributed by atoms with Crippen LogP contribution in [0.5, 0.6) is 0 Å². The van der Waals surface area contributed by atoms with Crippen LogP contribution in [0.1, 0.15) is 36.5 Å². The first-order valence-corrected chi connectivity index (χ1v) is 10.0. The van der Waals surface area contributed by atoms with E-state index in [1.165, 1.54) is 24.3 Å². The molecular weight excluding hydrogens is 376 g/mol. The minimum absolute atomic E-state index is 0.0393. The maximum atomic E-state index is 13.4. The average Bonchev–Trinajstić information content (AvgIpc) is 2.89. The highest BCUT2D eigenvalue weighted by atomic mass is 19.1. The van der Waals surface area contributed by atoms with E-state index >= 15 is 0 Å².